The third-order valence-electron chi connectivity index (χ3n) is 10.7. The molecule has 0 heterocycles. The van der Waals surface area contributed by atoms with Crippen LogP contribution in [0.25, 0.3) is 32.7 Å². The molecule has 8 aromatic rings. The van der Waals surface area contributed by atoms with Gasteiger partial charge in [0.05, 0.1) is 0 Å². The van der Waals surface area contributed by atoms with Crippen LogP contribution in [0.2, 0.25) is 0 Å². The maximum Gasteiger partial charge on any atom is 0.389 e. The van der Waals surface area contributed by atoms with E-state index in [1.165, 1.54) is 0 Å². The van der Waals surface area contributed by atoms with E-state index in [-0.39, 0.29) is 0 Å². The Morgan fingerprint density at radius 2 is 0.714 bits per heavy atom. The second-order valence-electron chi connectivity index (χ2n) is 14.6. The lowest BCUT2D eigenvalue weighted by Gasteiger charge is -2.22. The zero-order chi connectivity index (χ0) is 38.8. The summed E-state index contributed by atoms with van der Waals surface area (Å²) in [7, 11) is 4.09. The van der Waals surface area contributed by atoms with Crippen LogP contribution in [0.3, 0.4) is 0 Å². The van der Waals surface area contributed by atoms with Crippen molar-refractivity contribution < 1.29 is 9.13 Å². The Morgan fingerprint density at radius 3 is 1.07 bits per heavy atom. The minimum absolute atomic E-state index is 0.467. The largest absolute Gasteiger partial charge is 0.389 e. The van der Waals surface area contributed by atoms with E-state index in [1.807, 2.05) is 113 Å². The standard InChI is InChI=1S/C50H44N2O2P2/c1-51(2)39-25-29-41(30-26-39)55(53)49(37-17-7-5-8-18-37)45-33-23-35-15-11-13-21-43(35)47(45)48-44-22-14-12-16-36(44)24-34-46(48)50(38-19-9-6-10-20-38)56(54)42-31-27-40(28-32-42)52(3)4/h5-34,49-50H,1-4H3/q+2. The number of hydrogen-bond donors (Lipinski definition) is 0. The van der Waals surface area contributed by atoms with Gasteiger partial charge in [0.2, 0.25) is 11.3 Å². The molecule has 274 valence electrons. The first-order chi connectivity index (χ1) is 27.3. The fraction of sp³-hybridized carbons (Fsp3) is 0.120. The molecule has 6 heteroatoms. The van der Waals surface area contributed by atoms with Gasteiger partial charge < -0.3 is 9.80 Å². The lowest BCUT2D eigenvalue weighted by atomic mass is 9.83. The van der Waals surface area contributed by atoms with Crippen LogP contribution in [0.15, 0.2) is 182 Å². The van der Waals surface area contributed by atoms with E-state index < -0.39 is 26.9 Å². The van der Waals surface area contributed by atoms with Gasteiger partial charge in [0.15, 0.2) is 10.6 Å². The summed E-state index contributed by atoms with van der Waals surface area (Å²) >= 11 is 0. The van der Waals surface area contributed by atoms with Gasteiger partial charge in [-0.25, -0.2) is 0 Å². The van der Waals surface area contributed by atoms with Crippen molar-refractivity contribution in [1.82, 2.24) is 0 Å². The summed E-state index contributed by atoms with van der Waals surface area (Å²) in [5.74, 6) is 0. The molecule has 4 unspecified atom stereocenters. The van der Waals surface area contributed by atoms with Gasteiger partial charge in [-0.2, -0.15) is 0 Å². The highest BCUT2D eigenvalue weighted by Crippen LogP contribution is 2.55. The first kappa shape index (κ1) is 37.0. The molecule has 0 saturated heterocycles. The van der Waals surface area contributed by atoms with E-state index in [0.29, 0.717) is 0 Å². The van der Waals surface area contributed by atoms with Crippen molar-refractivity contribution in [2.45, 2.75) is 11.3 Å². The van der Waals surface area contributed by atoms with Gasteiger partial charge in [0, 0.05) is 61.8 Å². The van der Waals surface area contributed by atoms with Crippen LogP contribution in [0.5, 0.6) is 0 Å². The Labute approximate surface area is 331 Å². The van der Waals surface area contributed by atoms with Crippen LogP contribution in [-0.4, -0.2) is 28.2 Å². The van der Waals surface area contributed by atoms with Gasteiger partial charge in [-0.3, -0.25) is 0 Å². The molecule has 4 atom stereocenters. The number of rotatable bonds is 11. The molecule has 8 rings (SSSR count). The van der Waals surface area contributed by atoms with Crippen molar-refractivity contribution >= 4 is 59.1 Å². The molecule has 0 aromatic heterocycles. The highest BCUT2D eigenvalue weighted by molar-refractivity contribution is 7.54. The van der Waals surface area contributed by atoms with Crippen LogP contribution in [0.1, 0.15) is 33.6 Å². The fourth-order valence-electron chi connectivity index (χ4n) is 7.84. The molecular weight excluding hydrogens is 723 g/mol. The number of nitrogens with zero attached hydrogens (tertiary/aromatic N) is 2. The van der Waals surface area contributed by atoms with Crippen LogP contribution in [0.4, 0.5) is 11.4 Å². The van der Waals surface area contributed by atoms with Gasteiger partial charge in [-0.15, -0.1) is 0 Å². The second-order valence-corrected chi connectivity index (χ2v) is 18.0. The second kappa shape index (κ2) is 16.0. The lowest BCUT2D eigenvalue weighted by Crippen LogP contribution is -2.12. The number of benzene rings is 8. The van der Waals surface area contributed by atoms with Gasteiger partial charge in [-0.05, 0) is 81.2 Å². The average Bonchev–Trinajstić information content (AvgIpc) is 3.24. The van der Waals surface area contributed by atoms with E-state index in [2.05, 4.69) is 107 Å². The van der Waals surface area contributed by atoms with Crippen molar-refractivity contribution in [3.05, 3.63) is 204 Å². The summed E-state index contributed by atoms with van der Waals surface area (Å²) < 4.78 is 30.6. The summed E-state index contributed by atoms with van der Waals surface area (Å²) in [6.45, 7) is 0. The third kappa shape index (κ3) is 7.15. The van der Waals surface area contributed by atoms with Crippen LogP contribution >= 0.6 is 15.6 Å². The third-order valence-corrected chi connectivity index (χ3v) is 14.4. The minimum atomic E-state index is -1.98. The average molecular weight is 767 g/mol. The molecule has 0 aliphatic carbocycles. The van der Waals surface area contributed by atoms with Crippen molar-refractivity contribution in [2.75, 3.05) is 38.0 Å². The lowest BCUT2D eigenvalue weighted by molar-refractivity contribution is 0.588. The summed E-state index contributed by atoms with van der Waals surface area (Å²) in [5.41, 5.74) is 7.12. The maximum atomic E-state index is 15.3. The highest BCUT2D eigenvalue weighted by atomic mass is 31.1. The van der Waals surface area contributed by atoms with Crippen molar-refractivity contribution in [3.63, 3.8) is 0 Å². The van der Waals surface area contributed by atoms with Crippen molar-refractivity contribution in [1.29, 1.82) is 0 Å². The molecule has 0 bridgehead atoms. The smallest absolute Gasteiger partial charge is 0.378 e. The Hall–Kier alpha value is -5.92. The maximum absolute atomic E-state index is 15.3. The van der Waals surface area contributed by atoms with E-state index in [9.17, 15) is 0 Å². The molecule has 0 aliphatic heterocycles. The fourth-order valence-corrected chi connectivity index (χ4v) is 11.1. The normalized spacial score (nSPS) is 12.9. The Bertz CT molecular complexity index is 2490. The molecule has 0 fully saturated rings. The summed E-state index contributed by atoms with van der Waals surface area (Å²) in [4.78, 5) is 4.11. The van der Waals surface area contributed by atoms with Gasteiger partial charge in [0.1, 0.15) is 0 Å². The zero-order valence-corrected chi connectivity index (χ0v) is 33.9. The minimum Gasteiger partial charge on any atom is -0.378 e. The van der Waals surface area contributed by atoms with Crippen LogP contribution < -0.4 is 20.4 Å². The van der Waals surface area contributed by atoms with Crippen molar-refractivity contribution in [2.24, 2.45) is 0 Å². The molecule has 8 aromatic carbocycles. The number of hydrogen-bond acceptors (Lipinski definition) is 4. The molecule has 56 heavy (non-hydrogen) atoms. The first-order valence-corrected chi connectivity index (χ1v) is 21.6. The number of anilines is 2. The zero-order valence-electron chi connectivity index (χ0n) is 32.1. The topological polar surface area (TPSA) is 40.6 Å². The predicted octanol–water partition coefficient (Wildman–Crippen LogP) is 12.3. The molecule has 0 N–H and O–H groups in total. The van der Waals surface area contributed by atoms with Crippen LogP contribution in [0, 0.1) is 0 Å². The molecule has 0 saturated carbocycles. The van der Waals surface area contributed by atoms with E-state index in [4.69, 9.17) is 0 Å². The summed E-state index contributed by atoms with van der Waals surface area (Å²) in [6, 6.07) is 62.3. The summed E-state index contributed by atoms with van der Waals surface area (Å²) in [5, 5.41) is 5.88. The molecule has 0 radical (unpaired) electrons. The first-order valence-electron chi connectivity index (χ1n) is 18.9. The summed E-state index contributed by atoms with van der Waals surface area (Å²) in [6.07, 6.45) is 0. The molecule has 0 amide bonds. The molecule has 4 nitrogen and oxygen atoms in total. The predicted molar refractivity (Wildman–Crippen MR) is 239 cm³/mol. The Kier molecular flexibility index (Phi) is 10.6. The van der Waals surface area contributed by atoms with Crippen molar-refractivity contribution in [3.8, 4) is 11.1 Å². The number of fused-ring (bicyclic) bond motifs is 2. The Morgan fingerprint density at radius 1 is 0.375 bits per heavy atom. The molecular formula is C50H44N2O2P2+2. The quantitative estimate of drug-likeness (QED) is 0.123. The van der Waals surface area contributed by atoms with Gasteiger partial charge in [-0.1, -0.05) is 143 Å². The molecule has 0 aliphatic rings. The Balaban J connectivity index is 1.45. The van der Waals surface area contributed by atoms with E-state index >= 15 is 9.13 Å². The van der Waals surface area contributed by atoms with E-state index in [1.54, 1.807) is 0 Å². The highest BCUT2D eigenvalue weighted by Gasteiger charge is 2.42. The van der Waals surface area contributed by atoms with E-state index in [0.717, 1.165) is 76.9 Å². The van der Waals surface area contributed by atoms with Crippen LogP contribution in [-0.2, 0) is 9.13 Å². The van der Waals surface area contributed by atoms with Gasteiger partial charge >= 0.3 is 15.6 Å². The SMILES string of the molecule is CN(C)c1ccc([P+](=O)C(c2ccccc2)c2ccc3ccccc3c2-c2c(C(c3ccccc3)[P+](=O)c3ccc(N(C)C)cc3)ccc3ccccc23)cc1. The monoisotopic (exact) mass is 766 g/mol. The molecule has 0 spiro atoms. The van der Waals surface area contributed by atoms with Gasteiger partial charge in [0.25, 0.3) is 0 Å².